The average molecular weight is 433 g/mol. The van der Waals surface area contributed by atoms with E-state index < -0.39 is 6.16 Å². The van der Waals surface area contributed by atoms with E-state index in [9.17, 15) is 9.59 Å². The van der Waals surface area contributed by atoms with Gasteiger partial charge in [0, 0.05) is 24.7 Å². The van der Waals surface area contributed by atoms with E-state index in [1.165, 1.54) is 0 Å². The van der Waals surface area contributed by atoms with Gasteiger partial charge in [-0.15, -0.1) is 0 Å². The molecule has 0 radical (unpaired) electrons. The molecule has 1 aromatic rings. The lowest BCUT2D eigenvalue weighted by Gasteiger charge is -2.35. The van der Waals surface area contributed by atoms with Gasteiger partial charge in [-0.1, -0.05) is 6.07 Å². The maximum atomic E-state index is 12.0. The molecule has 4 N–H and O–H groups in total. The lowest BCUT2D eigenvalue weighted by molar-refractivity contribution is 0.00752. The van der Waals surface area contributed by atoms with Crippen molar-refractivity contribution >= 4 is 12.2 Å². The van der Waals surface area contributed by atoms with Crippen molar-refractivity contribution < 1.29 is 24.2 Å². The molecule has 3 aliphatic rings. The number of carbonyl (C=O) groups is 2. The summed E-state index contributed by atoms with van der Waals surface area (Å²) in [6, 6.07) is 6.13. The van der Waals surface area contributed by atoms with Gasteiger partial charge < -0.3 is 30.5 Å². The van der Waals surface area contributed by atoms with Crippen molar-refractivity contribution in [1.29, 1.82) is 0 Å². The molecule has 170 valence electrons. The topological polar surface area (TPSA) is 122 Å². The molecule has 0 saturated carbocycles. The Morgan fingerprint density at radius 1 is 1.26 bits per heavy atom. The number of hydrogen-bond donors (Lipinski definition) is 4. The molecule has 0 aliphatic carbocycles. The first-order chi connectivity index (χ1) is 15.1. The number of carbonyl (C=O) groups excluding carboxylic acids is 1. The Kier molecular flexibility index (Phi) is 7.24. The van der Waals surface area contributed by atoms with Crippen molar-refractivity contribution in [3.63, 3.8) is 0 Å². The van der Waals surface area contributed by atoms with Crippen LogP contribution in [0, 0.1) is 11.8 Å². The van der Waals surface area contributed by atoms with Crippen LogP contribution in [0.1, 0.15) is 50.3 Å². The fourth-order valence-corrected chi connectivity index (χ4v) is 5.27. The summed E-state index contributed by atoms with van der Waals surface area (Å²) in [6.07, 6.45) is 4.89. The van der Waals surface area contributed by atoms with Crippen LogP contribution in [0.4, 0.5) is 9.59 Å². The summed E-state index contributed by atoms with van der Waals surface area (Å²) in [7, 11) is 0. The molecule has 0 aromatic carbocycles. The fourth-order valence-electron chi connectivity index (χ4n) is 5.27. The molecule has 9 heteroatoms. The third-order valence-electron chi connectivity index (χ3n) is 6.79. The Hall–Kier alpha value is -2.39. The number of aromatic nitrogens is 1. The van der Waals surface area contributed by atoms with Crippen LogP contribution in [0.2, 0.25) is 0 Å². The summed E-state index contributed by atoms with van der Waals surface area (Å²) < 4.78 is 10.7. The van der Waals surface area contributed by atoms with Crippen LogP contribution in [0.25, 0.3) is 0 Å². The lowest BCUT2D eigenvalue weighted by Crippen LogP contribution is -2.45. The van der Waals surface area contributed by atoms with Crippen LogP contribution >= 0.6 is 0 Å². The van der Waals surface area contributed by atoms with Crippen LogP contribution < -0.4 is 16.0 Å². The third-order valence-corrected chi connectivity index (χ3v) is 6.79. The number of ether oxygens (including phenoxy) is 2. The number of hydrogen-bond acceptors (Lipinski definition) is 7. The Morgan fingerprint density at radius 2 is 2.16 bits per heavy atom. The van der Waals surface area contributed by atoms with Crippen molar-refractivity contribution in [1.82, 2.24) is 20.9 Å². The van der Waals surface area contributed by atoms with Gasteiger partial charge in [0.05, 0.1) is 11.7 Å². The minimum absolute atomic E-state index is 0.00337. The second-order valence-electron chi connectivity index (χ2n) is 8.77. The summed E-state index contributed by atoms with van der Waals surface area (Å²) in [5.41, 5.74) is 1.03. The van der Waals surface area contributed by atoms with Crippen molar-refractivity contribution in [3.8, 4) is 0 Å². The number of carboxylic acid groups (broad SMARTS) is 1. The molecule has 31 heavy (non-hydrogen) atoms. The third kappa shape index (κ3) is 5.65. The number of nitrogens with zero attached hydrogens (tertiary/aromatic N) is 1. The van der Waals surface area contributed by atoms with Crippen LogP contribution in [-0.4, -0.2) is 60.2 Å². The maximum absolute atomic E-state index is 12.0. The van der Waals surface area contributed by atoms with Gasteiger partial charge in [-0.25, -0.2) is 9.59 Å². The van der Waals surface area contributed by atoms with Crippen molar-refractivity contribution in [2.45, 2.75) is 62.8 Å². The molecular formula is C22H32N4O5. The predicted molar refractivity (Wildman–Crippen MR) is 113 cm³/mol. The predicted octanol–water partition coefficient (Wildman–Crippen LogP) is 2.44. The minimum Gasteiger partial charge on any atom is -0.450 e. The Morgan fingerprint density at radius 3 is 2.97 bits per heavy atom. The second kappa shape index (κ2) is 10.3. The van der Waals surface area contributed by atoms with Crippen molar-refractivity contribution in [2.75, 3.05) is 19.6 Å². The van der Waals surface area contributed by atoms with Gasteiger partial charge >= 0.3 is 12.2 Å². The molecule has 3 fully saturated rings. The van der Waals surface area contributed by atoms with Gasteiger partial charge in [-0.2, -0.15) is 0 Å². The fraction of sp³-hybridized carbons (Fsp3) is 0.682. The number of nitrogens with one attached hydrogen (secondary N) is 3. The highest BCUT2D eigenvalue weighted by Gasteiger charge is 2.41. The van der Waals surface area contributed by atoms with E-state index in [0.29, 0.717) is 12.3 Å². The summed E-state index contributed by atoms with van der Waals surface area (Å²) in [5.74, 6) is 0.477. The molecule has 3 aliphatic heterocycles. The zero-order chi connectivity index (χ0) is 21.6. The summed E-state index contributed by atoms with van der Waals surface area (Å²) in [4.78, 5) is 27.5. The molecule has 4 heterocycles. The summed E-state index contributed by atoms with van der Waals surface area (Å²) >= 11 is 0. The van der Waals surface area contributed by atoms with Crippen molar-refractivity contribution in [2.24, 2.45) is 11.8 Å². The van der Waals surface area contributed by atoms with Gasteiger partial charge in [-0.3, -0.25) is 4.98 Å². The molecule has 0 spiro atoms. The monoisotopic (exact) mass is 432 g/mol. The van der Waals surface area contributed by atoms with Gasteiger partial charge in [0.1, 0.15) is 12.2 Å². The van der Waals surface area contributed by atoms with Gasteiger partial charge in [0.25, 0.3) is 0 Å². The van der Waals surface area contributed by atoms with Gasteiger partial charge in [0.2, 0.25) is 0 Å². The van der Waals surface area contributed by atoms with E-state index in [0.717, 1.165) is 57.4 Å². The Bertz CT molecular complexity index is 749. The molecule has 4 rings (SSSR count). The average Bonchev–Trinajstić information content (AvgIpc) is 3.16. The Labute approximate surface area is 182 Å². The van der Waals surface area contributed by atoms with Crippen LogP contribution in [0.5, 0.6) is 0 Å². The highest BCUT2D eigenvalue weighted by atomic mass is 16.7. The maximum Gasteiger partial charge on any atom is 0.506 e. The zero-order valence-corrected chi connectivity index (χ0v) is 17.7. The lowest BCUT2D eigenvalue weighted by atomic mass is 9.81. The molecule has 3 saturated heterocycles. The second-order valence-corrected chi connectivity index (χ2v) is 8.77. The number of cyclic esters (lactones) is 1. The number of alkyl carbamates (subject to hydrolysis) is 1. The first-order valence-corrected chi connectivity index (χ1v) is 11.3. The first kappa shape index (κ1) is 21.8. The van der Waals surface area contributed by atoms with E-state index in [1.807, 2.05) is 24.4 Å². The van der Waals surface area contributed by atoms with Crippen LogP contribution in [-0.2, 0) is 9.47 Å². The normalized spacial score (nSPS) is 33.4. The number of rotatable bonds is 7. The largest absolute Gasteiger partial charge is 0.506 e. The molecule has 1 aromatic heterocycles. The van der Waals surface area contributed by atoms with Gasteiger partial charge in [-0.05, 0) is 69.7 Å². The summed E-state index contributed by atoms with van der Waals surface area (Å²) in [5, 5.41) is 18.9. The number of piperidine rings is 2. The van der Waals surface area contributed by atoms with Crippen LogP contribution in [0.15, 0.2) is 24.4 Å². The summed E-state index contributed by atoms with van der Waals surface area (Å²) in [6.45, 7) is 2.41. The molecule has 6 unspecified atom stereocenters. The minimum atomic E-state index is -1.21. The number of pyridine rings is 1. The van der Waals surface area contributed by atoms with E-state index in [1.54, 1.807) is 0 Å². The molecule has 0 bridgehead atoms. The van der Waals surface area contributed by atoms with Crippen molar-refractivity contribution in [3.05, 3.63) is 30.1 Å². The highest BCUT2D eigenvalue weighted by Crippen LogP contribution is 2.33. The molecule has 1 amide bonds. The highest BCUT2D eigenvalue weighted by molar-refractivity contribution is 5.70. The van der Waals surface area contributed by atoms with E-state index in [-0.39, 0.29) is 36.3 Å². The number of amides is 1. The molecular weight excluding hydrogens is 400 g/mol. The Balaban J connectivity index is 1.31. The smallest absolute Gasteiger partial charge is 0.450 e. The standard InChI is InChI=1S/C22H32N4O5/c27-21-26-20(14-7-11-25-17(12-14)16-5-1-2-9-24-16)19(30-21)6-3-4-15-13-23-10-8-18(15)31-22(28)29/h1-2,5,9,14-15,17-20,23,25H,3-4,6-8,10-13H2,(H,26,27)(H,28,29). The first-order valence-electron chi connectivity index (χ1n) is 11.3. The quantitative estimate of drug-likeness (QED) is 0.485. The van der Waals surface area contributed by atoms with Gasteiger partial charge in [0.15, 0.2) is 0 Å². The van der Waals surface area contributed by atoms with Crippen LogP contribution in [0.3, 0.4) is 0 Å². The molecule has 6 atom stereocenters. The van der Waals surface area contributed by atoms with E-state index in [4.69, 9.17) is 14.6 Å². The van der Waals surface area contributed by atoms with E-state index >= 15 is 0 Å². The molecule has 9 nitrogen and oxygen atoms in total. The SMILES string of the molecule is O=C(O)OC1CCNCC1CCCC1OC(=O)NC1C1CCNC(c2ccccn2)C1. The van der Waals surface area contributed by atoms with E-state index in [2.05, 4.69) is 20.9 Å². The zero-order valence-electron chi connectivity index (χ0n) is 17.7.